The minimum atomic E-state index is -0.524. The Morgan fingerprint density at radius 3 is 2.38 bits per heavy atom. The van der Waals surface area contributed by atoms with Crippen molar-refractivity contribution in [1.29, 1.82) is 0 Å². The molecule has 0 bridgehead atoms. The number of ketones is 2. The normalized spacial score (nSPS) is 24.7. The quantitative estimate of drug-likeness (QED) is 0.716. The second-order valence-electron chi connectivity index (χ2n) is 8.93. The number of carbonyl (C=O) groups is 2. The van der Waals surface area contributed by atoms with E-state index in [1.54, 1.807) is 12.1 Å². The number of rotatable bonds is 1. The average molecular weight is 387 g/mol. The number of nitrogens with zero attached hydrogens (tertiary/aromatic N) is 1. The molecule has 1 fully saturated rings. The Morgan fingerprint density at radius 2 is 1.66 bits per heavy atom. The van der Waals surface area contributed by atoms with Crippen LogP contribution in [0.15, 0.2) is 53.0 Å². The summed E-state index contributed by atoms with van der Waals surface area (Å²) in [5.74, 6) is -1.59. The van der Waals surface area contributed by atoms with Crippen LogP contribution in [0.1, 0.15) is 54.1 Å². The van der Waals surface area contributed by atoms with Crippen molar-refractivity contribution in [2.24, 2.45) is 16.3 Å². The second kappa shape index (κ2) is 5.89. The maximum Gasteiger partial charge on any atom is 0.192 e. The third kappa shape index (κ3) is 2.57. The average Bonchev–Trinajstić information content (AvgIpc) is 2.94. The highest BCUT2D eigenvalue weighted by atomic mass is 16.3. The molecule has 0 spiro atoms. The molecule has 5 heteroatoms. The van der Waals surface area contributed by atoms with Gasteiger partial charge in [0.2, 0.25) is 0 Å². The van der Waals surface area contributed by atoms with Crippen LogP contribution in [0.3, 0.4) is 0 Å². The van der Waals surface area contributed by atoms with E-state index in [4.69, 9.17) is 4.99 Å². The van der Waals surface area contributed by atoms with E-state index >= 15 is 0 Å². The molecule has 2 aromatic carbocycles. The number of allylic oxidation sites excluding steroid dienone is 1. The van der Waals surface area contributed by atoms with Crippen LogP contribution >= 0.6 is 0 Å². The monoisotopic (exact) mass is 387 g/mol. The van der Waals surface area contributed by atoms with E-state index in [0.29, 0.717) is 35.2 Å². The number of fused-ring (bicyclic) bond motifs is 3. The number of phenols is 2. The molecule has 3 aliphatic rings. The highest BCUT2D eigenvalue weighted by molar-refractivity contribution is 6.25. The summed E-state index contributed by atoms with van der Waals surface area (Å²) in [6, 6.07) is 11.9. The molecule has 2 aromatic rings. The first-order valence-corrected chi connectivity index (χ1v) is 9.77. The van der Waals surface area contributed by atoms with Crippen molar-refractivity contribution >= 4 is 23.0 Å². The summed E-state index contributed by atoms with van der Waals surface area (Å²) in [6.45, 7) is 4.12. The standard InChI is InChI=1S/C24H21NO4/c1-24(2)10-15-20(18(28)11-24)19(12-7-8-16(26)17(27)9-12)21-22(25-15)13-5-3-4-6-14(13)23(21)29/h3-9,19-20,26-27H,10-11H2,1-2H3/t19-,20?/m1/s1. The lowest BCUT2D eigenvalue weighted by molar-refractivity contribution is -0.124. The van der Waals surface area contributed by atoms with Crippen molar-refractivity contribution in [2.45, 2.75) is 32.6 Å². The van der Waals surface area contributed by atoms with Crippen molar-refractivity contribution in [3.63, 3.8) is 0 Å². The largest absolute Gasteiger partial charge is 0.504 e. The number of carbonyl (C=O) groups excluding carboxylic acids is 2. The topological polar surface area (TPSA) is 87.0 Å². The molecule has 0 saturated heterocycles. The number of aromatic hydroxyl groups is 2. The van der Waals surface area contributed by atoms with E-state index < -0.39 is 11.8 Å². The summed E-state index contributed by atoms with van der Waals surface area (Å²) in [7, 11) is 0. The first kappa shape index (κ1) is 17.9. The molecule has 29 heavy (non-hydrogen) atoms. The van der Waals surface area contributed by atoms with Gasteiger partial charge in [0.05, 0.1) is 11.6 Å². The van der Waals surface area contributed by atoms with E-state index in [1.807, 2.05) is 18.2 Å². The number of hydrogen-bond acceptors (Lipinski definition) is 5. The van der Waals surface area contributed by atoms with Crippen molar-refractivity contribution in [2.75, 3.05) is 0 Å². The third-order valence-corrected chi connectivity index (χ3v) is 6.20. The Balaban J connectivity index is 1.76. The van der Waals surface area contributed by atoms with Gasteiger partial charge in [0.25, 0.3) is 0 Å². The molecule has 2 atom stereocenters. The zero-order valence-electron chi connectivity index (χ0n) is 16.3. The lowest BCUT2D eigenvalue weighted by Gasteiger charge is -2.40. The van der Waals surface area contributed by atoms with Crippen LogP contribution in [0.4, 0.5) is 0 Å². The van der Waals surface area contributed by atoms with Crippen LogP contribution < -0.4 is 0 Å². The molecule has 0 amide bonds. The smallest absolute Gasteiger partial charge is 0.192 e. The van der Waals surface area contributed by atoms with Crippen molar-refractivity contribution in [1.82, 2.24) is 0 Å². The summed E-state index contributed by atoms with van der Waals surface area (Å²) < 4.78 is 0. The van der Waals surface area contributed by atoms with Gasteiger partial charge in [0, 0.05) is 34.8 Å². The Labute approximate surface area is 168 Å². The fourth-order valence-corrected chi connectivity index (χ4v) is 5.02. The lowest BCUT2D eigenvalue weighted by Crippen LogP contribution is -2.43. The van der Waals surface area contributed by atoms with Crippen LogP contribution in [0.2, 0.25) is 0 Å². The van der Waals surface area contributed by atoms with Gasteiger partial charge in [-0.1, -0.05) is 44.2 Å². The van der Waals surface area contributed by atoms with Gasteiger partial charge in [-0.3, -0.25) is 14.6 Å². The van der Waals surface area contributed by atoms with Gasteiger partial charge in [-0.15, -0.1) is 0 Å². The summed E-state index contributed by atoms with van der Waals surface area (Å²) in [5, 5.41) is 19.8. The molecule has 5 nitrogen and oxygen atoms in total. The molecule has 2 aliphatic carbocycles. The van der Waals surface area contributed by atoms with E-state index in [2.05, 4.69) is 13.8 Å². The number of benzene rings is 2. The lowest BCUT2D eigenvalue weighted by atomic mass is 9.63. The first-order valence-electron chi connectivity index (χ1n) is 9.77. The predicted octanol–water partition coefficient (Wildman–Crippen LogP) is 4.25. The Morgan fingerprint density at radius 1 is 0.931 bits per heavy atom. The van der Waals surface area contributed by atoms with Gasteiger partial charge in [-0.05, 0) is 29.5 Å². The SMILES string of the molecule is CC1(C)CC(=O)C2C(=NC3=C(C(=O)c4ccccc43)[C@@H]2c2ccc(O)c(O)c2)C1. The van der Waals surface area contributed by atoms with Gasteiger partial charge in [-0.25, -0.2) is 0 Å². The molecule has 1 unspecified atom stereocenters. The fourth-order valence-electron chi connectivity index (χ4n) is 5.02. The molecule has 1 heterocycles. The molecule has 1 aliphatic heterocycles. The summed E-state index contributed by atoms with van der Waals surface area (Å²) in [5.41, 5.74) is 3.79. The van der Waals surface area contributed by atoms with E-state index in [9.17, 15) is 19.8 Å². The molecule has 2 N–H and O–H groups in total. The molecule has 1 saturated carbocycles. The Kier molecular flexibility index (Phi) is 3.63. The molecule has 146 valence electrons. The maximum absolute atomic E-state index is 13.3. The van der Waals surface area contributed by atoms with E-state index in [0.717, 1.165) is 11.3 Å². The van der Waals surface area contributed by atoms with Gasteiger partial charge in [0.1, 0.15) is 5.78 Å². The third-order valence-electron chi connectivity index (χ3n) is 6.20. The maximum atomic E-state index is 13.3. The first-order chi connectivity index (χ1) is 13.8. The highest BCUT2D eigenvalue weighted by Crippen LogP contribution is 2.52. The molecule has 0 aromatic heterocycles. The number of phenolic OH excluding ortho intramolecular Hbond substituents is 2. The van der Waals surface area contributed by atoms with E-state index in [1.165, 1.54) is 12.1 Å². The van der Waals surface area contributed by atoms with Crippen LogP contribution in [0, 0.1) is 11.3 Å². The fraction of sp³-hybridized carbons (Fsp3) is 0.292. The zero-order chi connectivity index (χ0) is 20.5. The molecule has 5 rings (SSSR count). The highest BCUT2D eigenvalue weighted by Gasteiger charge is 2.50. The van der Waals surface area contributed by atoms with Crippen molar-refractivity contribution in [3.8, 4) is 11.5 Å². The second-order valence-corrected chi connectivity index (χ2v) is 8.93. The van der Waals surface area contributed by atoms with Crippen LogP contribution in [-0.4, -0.2) is 27.5 Å². The Bertz CT molecular complexity index is 1160. The van der Waals surface area contributed by atoms with Crippen molar-refractivity contribution < 1.29 is 19.8 Å². The minimum Gasteiger partial charge on any atom is -0.504 e. The number of aliphatic imine (C=N–C) groups is 1. The summed E-state index contributed by atoms with van der Waals surface area (Å²) >= 11 is 0. The van der Waals surface area contributed by atoms with Gasteiger partial charge in [0.15, 0.2) is 17.3 Å². The van der Waals surface area contributed by atoms with Crippen molar-refractivity contribution in [3.05, 3.63) is 64.7 Å². The van der Waals surface area contributed by atoms with Crippen LogP contribution in [-0.2, 0) is 4.79 Å². The summed E-state index contributed by atoms with van der Waals surface area (Å²) in [6.07, 6.45) is 1.10. The summed E-state index contributed by atoms with van der Waals surface area (Å²) in [4.78, 5) is 31.4. The van der Waals surface area contributed by atoms with Gasteiger partial charge >= 0.3 is 0 Å². The molecule has 0 radical (unpaired) electrons. The molecular weight excluding hydrogens is 366 g/mol. The molecular formula is C24H21NO4. The van der Waals surface area contributed by atoms with Gasteiger partial charge in [-0.2, -0.15) is 0 Å². The van der Waals surface area contributed by atoms with E-state index in [-0.39, 0.29) is 28.5 Å². The van der Waals surface area contributed by atoms with Crippen LogP contribution in [0.5, 0.6) is 11.5 Å². The number of hydrogen-bond donors (Lipinski definition) is 2. The predicted molar refractivity (Wildman–Crippen MR) is 109 cm³/mol. The minimum absolute atomic E-state index is 0.0628. The zero-order valence-corrected chi connectivity index (χ0v) is 16.3. The van der Waals surface area contributed by atoms with Gasteiger partial charge < -0.3 is 10.2 Å². The number of Topliss-reactive ketones (excluding diaryl/α,β-unsaturated/α-hetero) is 2. The Hall–Kier alpha value is -3.21. The van der Waals surface area contributed by atoms with Crippen LogP contribution in [0.25, 0.3) is 5.70 Å².